The molecule has 0 saturated carbocycles. The Hall–Kier alpha value is -1.56. The highest BCUT2D eigenvalue weighted by Crippen LogP contribution is 2.36. The van der Waals surface area contributed by atoms with Crippen molar-refractivity contribution in [3.8, 4) is 0 Å². The number of hydrogen-bond donors (Lipinski definition) is 1. The summed E-state index contributed by atoms with van der Waals surface area (Å²) in [5.41, 5.74) is 6.87. The van der Waals surface area contributed by atoms with Gasteiger partial charge < -0.3 is 15.4 Å². The van der Waals surface area contributed by atoms with Crippen LogP contribution >= 0.6 is 11.3 Å². The van der Waals surface area contributed by atoms with Gasteiger partial charge in [0.15, 0.2) is 0 Å². The Kier molecular flexibility index (Phi) is 3.77. The molecule has 0 fully saturated rings. The fraction of sp³-hybridized carbons (Fsp3) is 0.571. The highest BCUT2D eigenvalue weighted by atomic mass is 32.1. The zero-order valence-corrected chi connectivity index (χ0v) is 13.1. The highest BCUT2D eigenvalue weighted by molar-refractivity contribution is 7.16. The van der Waals surface area contributed by atoms with E-state index in [-0.39, 0.29) is 11.9 Å². The van der Waals surface area contributed by atoms with Crippen LogP contribution in [0.4, 0.5) is 5.00 Å². The van der Waals surface area contributed by atoms with Gasteiger partial charge in [-0.3, -0.25) is 4.79 Å². The maximum atomic E-state index is 12.3. The standard InChI is InChI=1S/C14H20N2O3S/c1-8(17)16-6-5-9-10(7-16)20-12(15)11(9)13(18)19-14(2,3)4/h5-7,15H2,1-4H3. The summed E-state index contributed by atoms with van der Waals surface area (Å²) < 4.78 is 5.41. The SMILES string of the molecule is CC(=O)N1CCc2c(sc(N)c2C(=O)OC(C)(C)C)C1. The third-order valence-corrected chi connectivity index (χ3v) is 4.18. The lowest BCUT2D eigenvalue weighted by molar-refractivity contribution is -0.129. The van der Waals surface area contributed by atoms with Crippen molar-refractivity contribution >= 4 is 28.2 Å². The van der Waals surface area contributed by atoms with E-state index in [0.29, 0.717) is 30.1 Å². The van der Waals surface area contributed by atoms with Gasteiger partial charge in [-0.05, 0) is 32.8 Å². The molecule has 0 unspecified atom stereocenters. The molecule has 2 heterocycles. The average Bonchev–Trinajstić information content (AvgIpc) is 2.61. The van der Waals surface area contributed by atoms with Crippen molar-refractivity contribution in [2.45, 2.75) is 46.3 Å². The molecule has 5 nitrogen and oxygen atoms in total. The molecule has 0 spiro atoms. The molecular weight excluding hydrogens is 276 g/mol. The quantitative estimate of drug-likeness (QED) is 0.806. The number of carbonyl (C=O) groups is 2. The molecule has 1 aromatic rings. The fourth-order valence-corrected chi connectivity index (χ4v) is 3.37. The Labute approximate surface area is 122 Å². The fourth-order valence-electron chi connectivity index (χ4n) is 2.25. The number of thiophene rings is 1. The first-order valence-corrected chi connectivity index (χ1v) is 7.39. The summed E-state index contributed by atoms with van der Waals surface area (Å²) >= 11 is 1.38. The molecule has 0 saturated heterocycles. The van der Waals surface area contributed by atoms with Crippen LogP contribution < -0.4 is 5.73 Å². The van der Waals surface area contributed by atoms with Crippen LogP contribution in [-0.4, -0.2) is 28.9 Å². The van der Waals surface area contributed by atoms with Crippen molar-refractivity contribution in [2.75, 3.05) is 12.3 Å². The zero-order valence-electron chi connectivity index (χ0n) is 12.3. The van der Waals surface area contributed by atoms with Gasteiger partial charge in [-0.15, -0.1) is 11.3 Å². The Morgan fingerprint density at radius 1 is 1.35 bits per heavy atom. The van der Waals surface area contributed by atoms with Crippen LogP contribution in [0.2, 0.25) is 0 Å². The van der Waals surface area contributed by atoms with E-state index in [2.05, 4.69) is 0 Å². The summed E-state index contributed by atoms with van der Waals surface area (Å²) in [6.07, 6.45) is 0.650. The third kappa shape index (κ3) is 2.95. The molecule has 1 amide bonds. The molecule has 0 bridgehead atoms. The van der Waals surface area contributed by atoms with Gasteiger partial charge in [0.25, 0.3) is 0 Å². The second-order valence-corrected chi connectivity index (χ2v) is 7.07. The molecule has 0 aliphatic carbocycles. The smallest absolute Gasteiger partial charge is 0.341 e. The van der Waals surface area contributed by atoms with Crippen molar-refractivity contribution in [2.24, 2.45) is 0 Å². The van der Waals surface area contributed by atoms with Crippen LogP contribution in [0.3, 0.4) is 0 Å². The van der Waals surface area contributed by atoms with Crippen LogP contribution in [0, 0.1) is 0 Å². The van der Waals surface area contributed by atoms with Gasteiger partial charge in [-0.25, -0.2) is 4.79 Å². The summed E-state index contributed by atoms with van der Waals surface area (Å²) in [5.74, 6) is -0.329. The topological polar surface area (TPSA) is 72.6 Å². The molecular formula is C14H20N2O3S. The Morgan fingerprint density at radius 2 is 2.00 bits per heavy atom. The van der Waals surface area contributed by atoms with Crippen molar-refractivity contribution < 1.29 is 14.3 Å². The number of esters is 1. The first-order valence-electron chi connectivity index (χ1n) is 6.58. The van der Waals surface area contributed by atoms with E-state index in [0.717, 1.165) is 10.4 Å². The summed E-state index contributed by atoms with van der Waals surface area (Å²) in [4.78, 5) is 26.4. The summed E-state index contributed by atoms with van der Waals surface area (Å²) in [5, 5.41) is 0.481. The van der Waals surface area contributed by atoms with Crippen LogP contribution in [0.1, 0.15) is 48.5 Å². The van der Waals surface area contributed by atoms with E-state index in [1.165, 1.54) is 11.3 Å². The van der Waals surface area contributed by atoms with E-state index < -0.39 is 5.60 Å². The van der Waals surface area contributed by atoms with E-state index in [1.807, 2.05) is 20.8 Å². The number of rotatable bonds is 1. The van der Waals surface area contributed by atoms with Gasteiger partial charge in [0.2, 0.25) is 5.91 Å². The largest absolute Gasteiger partial charge is 0.456 e. The summed E-state index contributed by atoms with van der Waals surface area (Å²) in [6, 6.07) is 0. The lowest BCUT2D eigenvalue weighted by Crippen LogP contribution is -2.34. The van der Waals surface area contributed by atoms with Gasteiger partial charge in [0.1, 0.15) is 10.6 Å². The maximum absolute atomic E-state index is 12.3. The monoisotopic (exact) mass is 296 g/mol. The molecule has 2 rings (SSSR count). The molecule has 0 aromatic carbocycles. The number of carbonyl (C=O) groups excluding carboxylic acids is 2. The first kappa shape index (κ1) is 14.8. The number of fused-ring (bicyclic) bond motifs is 1. The Balaban J connectivity index is 2.30. The number of nitrogens with zero attached hydrogens (tertiary/aromatic N) is 1. The van der Waals surface area contributed by atoms with Crippen molar-refractivity contribution in [3.63, 3.8) is 0 Å². The summed E-state index contributed by atoms with van der Waals surface area (Å²) in [6.45, 7) is 8.19. The third-order valence-electron chi connectivity index (χ3n) is 3.13. The van der Waals surface area contributed by atoms with Crippen LogP contribution in [0.5, 0.6) is 0 Å². The van der Waals surface area contributed by atoms with Crippen LogP contribution in [0.15, 0.2) is 0 Å². The van der Waals surface area contributed by atoms with Gasteiger partial charge in [-0.2, -0.15) is 0 Å². The zero-order chi connectivity index (χ0) is 15.1. The van der Waals surface area contributed by atoms with Gasteiger partial charge >= 0.3 is 5.97 Å². The van der Waals surface area contributed by atoms with E-state index in [9.17, 15) is 9.59 Å². The predicted molar refractivity (Wildman–Crippen MR) is 78.7 cm³/mol. The van der Waals surface area contributed by atoms with Crippen molar-refractivity contribution in [1.82, 2.24) is 4.90 Å². The lowest BCUT2D eigenvalue weighted by atomic mass is 10.0. The lowest BCUT2D eigenvalue weighted by Gasteiger charge is -2.26. The molecule has 110 valence electrons. The van der Waals surface area contributed by atoms with Crippen molar-refractivity contribution in [3.05, 3.63) is 16.0 Å². The minimum atomic E-state index is -0.543. The molecule has 0 atom stereocenters. The van der Waals surface area contributed by atoms with E-state index in [1.54, 1.807) is 11.8 Å². The number of anilines is 1. The van der Waals surface area contributed by atoms with Gasteiger partial charge in [-0.1, -0.05) is 0 Å². The molecule has 2 N–H and O–H groups in total. The molecule has 1 aromatic heterocycles. The Bertz CT molecular complexity index is 558. The normalized spacial score (nSPS) is 14.9. The van der Waals surface area contributed by atoms with Gasteiger partial charge in [0.05, 0.1) is 12.1 Å². The number of ether oxygens (including phenoxy) is 1. The number of amides is 1. The minimum absolute atomic E-state index is 0.0430. The highest BCUT2D eigenvalue weighted by Gasteiger charge is 2.30. The molecule has 1 aliphatic rings. The van der Waals surface area contributed by atoms with Crippen molar-refractivity contribution in [1.29, 1.82) is 0 Å². The van der Waals surface area contributed by atoms with E-state index in [4.69, 9.17) is 10.5 Å². The predicted octanol–water partition coefficient (Wildman–Crippen LogP) is 2.19. The maximum Gasteiger partial charge on any atom is 0.341 e. The number of nitrogens with two attached hydrogens (primary N) is 1. The number of hydrogen-bond acceptors (Lipinski definition) is 5. The molecule has 0 radical (unpaired) electrons. The molecule has 6 heteroatoms. The van der Waals surface area contributed by atoms with Crippen LogP contribution in [-0.2, 0) is 22.5 Å². The van der Waals surface area contributed by atoms with Gasteiger partial charge in [0, 0.05) is 18.3 Å². The summed E-state index contributed by atoms with van der Waals surface area (Å²) in [7, 11) is 0. The molecule has 1 aliphatic heterocycles. The second kappa shape index (κ2) is 5.09. The average molecular weight is 296 g/mol. The first-order chi connectivity index (χ1) is 9.19. The Morgan fingerprint density at radius 3 is 2.55 bits per heavy atom. The second-order valence-electron chi connectivity index (χ2n) is 5.94. The minimum Gasteiger partial charge on any atom is -0.456 e. The number of nitrogen functional groups attached to an aromatic ring is 1. The van der Waals surface area contributed by atoms with E-state index >= 15 is 0 Å². The molecule has 20 heavy (non-hydrogen) atoms. The van der Waals surface area contributed by atoms with Crippen LogP contribution in [0.25, 0.3) is 0 Å².